The van der Waals surface area contributed by atoms with Gasteiger partial charge in [-0.15, -0.1) is 0 Å². The van der Waals surface area contributed by atoms with Crippen molar-refractivity contribution in [1.29, 1.82) is 0 Å². The molecule has 1 atom stereocenters. The van der Waals surface area contributed by atoms with Crippen LogP contribution in [0.15, 0.2) is 24.3 Å². The highest BCUT2D eigenvalue weighted by atomic mass is 16.4. The lowest BCUT2D eigenvalue weighted by atomic mass is 10.0. The molecular formula is C13H16N2O5. The van der Waals surface area contributed by atoms with E-state index in [2.05, 4.69) is 5.32 Å². The van der Waals surface area contributed by atoms with Crippen LogP contribution in [0.5, 0.6) is 0 Å². The molecule has 4 N–H and O–H groups in total. The number of rotatable bonds is 6. The first-order chi connectivity index (χ1) is 9.38. The van der Waals surface area contributed by atoms with Crippen molar-refractivity contribution < 1.29 is 24.6 Å². The molecule has 1 rings (SSSR count). The molecule has 0 aromatic heterocycles. The molecular weight excluding hydrogens is 264 g/mol. The average Bonchev–Trinajstić information content (AvgIpc) is 2.38. The predicted molar refractivity (Wildman–Crippen MR) is 70.5 cm³/mol. The summed E-state index contributed by atoms with van der Waals surface area (Å²) < 4.78 is 0. The molecule has 0 aliphatic carbocycles. The van der Waals surface area contributed by atoms with E-state index < -0.39 is 30.6 Å². The smallest absolute Gasteiger partial charge is 0.326 e. The minimum Gasteiger partial charge on any atom is -0.480 e. The van der Waals surface area contributed by atoms with Crippen LogP contribution in [0.25, 0.3) is 0 Å². The zero-order chi connectivity index (χ0) is 15.1. The Bertz CT molecular complexity index is 498. The van der Waals surface area contributed by atoms with E-state index >= 15 is 0 Å². The van der Waals surface area contributed by atoms with Crippen molar-refractivity contribution in [3.63, 3.8) is 0 Å². The Morgan fingerprint density at radius 1 is 1.15 bits per heavy atom. The standard InChI is InChI=1S/C13H16N2O5/c1-8-2-4-9(5-3-8)6-10(12(18)19)15-13(20)14-7-11(16)17/h2-5,10H,6-7H2,1H3,(H,16,17)(H,18,19)(H2,14,15,20). The highest BCUT2D eigenvalue weighted by Gasteiger charge is 2.20. The lowest BCUT2D eigenvalue weighted by Gasteiger charge is -2.15. The topological polar surface area (TPSA) is 116 Å². The van der Waals surface area contributed by atoms with E-state index in [1.807, 2.05) is 24.4 Å². The average molecular weight is 280 g/mol. The van der Waals surface area contributed by atoms with Gasteiger partial charge in [0.15, 0.2) is 0 Å². The number of aliphatic carboxylic acids is 2. The summed E-state index contributed by atoms with van der Waals surface area (Å²) in [6.45, 7) is 1.35. The summed E-state index contributed by atoms with van der Waals surface area (Å²) >= 11 is 0. The van der Waals surface area contributed by atoms with Crippen molar-refractivity contribution in [3.8, 4) is 0 Å². The summed E-state index contributed by atoms with van der Waals surface area (Å²) in [5.41, 5.74) is 1.81. The van der Waals surface area contributed by atoms with Crippen LogP contribution >= 0.6 is 0 Å². The lowest BCUT2D eigenvalue weighted by molar-refractivity contribution is -0.139. The highest BCUT2D eigenvalue weighted by molar-refractivity contribution is 5.84. The van der Waals surface area contributed by atoms with Gasteiger partial charge in [-0.3, -0.25) is 4.79 Å². The van der Waals surface area contributed by atoms with Gasteiger partial charge in [0.2, 0.25) is 0 Å². The van der Waals surface area contributed by atoms with E-state index in [4.69, 9.17) is 10.2 Å². The molecule has 0 aliphatic rings. The Balaban J connectivity index is 2.60. The quantitative estimate of drug-likeness (QED) is 0.601. The Morgan fingerprint density at radius 3 is 2.25 bits per heavy atom. The van der Waals surface area contributed by atoms with Gasteiger partial charge in [0.1, 0.15) is 12.6 Å². The number of benzene rings is 1. The van der Waals surface area contributed by atoms with Crippen LogP contribution in [-0.4, -0.2) is 40.8 Å². The number of carbonyl (C=O) groups excluding carboxylic acids is 1. The number of amides is 2. The molecule has 0 saturated heterocycles. The molecule has 0 spiro atoms. The highest BCUT2D eigenvalue weighted by Crippen LogP contribution is 2.06. The Morgan fingerprint density at radius 2 is 1.75 bits per heavy atom. The summed E-state index contributed by atoms with van der Waals surface area (Å²) in [5, 5.41) is 21.7. The largest absolute Gasteiger partial charge is 0.480 e. The van der Waals surface area contributed by atoms with E-state index in [0.29, 0.717) is 0 Å². The molecule has 0 bridgehead atoms. The van der Waals surface area contributed by atoms with Gasteiger partial charge >= 0.3 is 18.0 Å². The van der Waals surface area contributed by atoms with Gasteiger partial charge in [-0.05, 0) is 12.5 Å². The van der Waals surface area contributed by atoms with Gasteiger partial charge in [-0.2, -0.15) is 0 Å². The van der Waals surface area contributed by atoms with E-state index in [1.165, 1.54) is 0 Å². The first-order valence-electron chi connectivity index (χ1n) is 5.93. The summed E-state index contributed by atoms with van der Waals surface area (Å²) in [4.78, 5) is 32.7. The SMILES string of the molecule is Cc1ccc(CC(NC(=O)NCC(=O)O)C(=O)O)cc1. The number of nitrogens with one attached hydrogen (secondary N) is 2. The van der Waals surface area contributed by atoms with Crippen LogP contribution in [-0.2, 0) is 16.0 Å². The van der Waals surface area contributed by atoms with Gasteiger partial charge in [0.05, 0.1) is 0 Å². The Labute approximate surface area is 115 Å². The summed E-state index contributed by atoms with van der Waals surface area (Å²) in [6, 6.07) is 5.31. The van der Waals surface area contributed by atoms with Crippen molar-refractivity contribution in [2.45, 2.75) is 19.4 Å². The molecule has 2 amide bonds. The molecule has 0 radical (unpaired) electrons. The van der Waals surface area contributed by atoms with Crippen molar-refractivity contribution in [3.05, 3.63) is 35.4 Å². The summed E-state index contributed by atoms with van der Waals surface area (Å²) in [5.74, 6) is -2.39. The maximum Gasteiger partial charge on any atom is 0.326 e. The van der Waals surface area contributed by atoms with E-state index in [0.717, 1.165) is 11.1 Å². The molecule has 1 aromatic rings. The van der Waals surface area contributed by atoms with Crippen molar-refractivity contribution in [2.75, 3.05) is 6.54 Å². The monoisotopic (exact) mass is 280 g/mol. The number of carboxylic acid groups (broad SMARTS) is 2. The van der Waals surface area contributed by atoms with E-state index in [9.17, 15) is 14.4 Å². The fourth-order valence-corrected chi connectivity index (χ4v) is 1.53. The first kappa shape index (κ1) is 15.5. The predicted octanol–water partition coefficient (Wildman–Crippen LogP) is 0.375. The molecule has 1 unspecified atom stereocenters. The summed E-state index contributed by atoms with van der Waals surface area (Å²) in [7, 11) is 0. The lowest BCUT2D eigenvalue weighted by Crippen LogP contribution is -2.48. The van der Waals surface area contributed by atoms with Crippen LogP contribution in [0.1, 0.15) is 11.1 Å². The number of urea groups is 1. The molecule has 0 fully saturated rings. The van der Waals surface area contributed by atoms with Gasteiger partial charge in [-0.25, -0.2) is 9.59 Å². The molecule has 108 valence electrons. The van der Waals surface area contributed by atoms with Gasteiger partial charge in [-0.1, -0.05) is 29.8 Å². The van der Waals surface area contributed by atoms with Gasteiger partial charge < -0.3 is 20.8 Å². The fraction of sp³-hybridized carbons (Fsp3) is 0.308. The van der Waals surface area contributed by atoms with E-state index in [1.54, 1.807) is 12.1 Å². The second-order valence-corrected chi connectivity index (χ2v) is 4.30. The summed E-state index contributed by atoms with van der Waals surface area (Å²) in [6.07, 6.45) is 0.121. The number of aryl methyl sites for hydroxylation is 1. The third-order valence-corrected chi connectivity index (χ3v) is 2.56. The van der Waals surface area contributed by atoms with Crippen LogP contribution in [0.2, 0.25) is 0 Å². The van der Waals surface area contributed by atoms with Gasteiger partial charge in [0, 0.05) is 6.42 Å². The molecule has 1 aromatic carbocycles. The molecule has 20 heavy (non-hydrogen) atoms. The number of hydrogen-bond donors (Lipinski definition) is 4. The van der Waals surface area contributed by atoms with Crippen LogP contribution in [0.4, 0.5) is 4.79 Å². The molecule has 0 aliphatic heterocycles. The Hall–Kier alpha value is -2.57. The van der Waals surface area contributed by atoms with Crippen molar-refractivity contribution in [1.82, 2.24) is 10.6 Å². The normalized spacial score (nSPS) is 11.4. The van der Waals surface area contributed by atoms with Crippen LogP contribution < -0.4 is 10.6 Å². The molecule has 0 heterocycles. The maximum absolute atomic E-state index is 11.4. The van der Waals surface area contributed by atoms with Gasteiger partial charge in [0.25, 0.3) is 0 Å². The number of hydrogen-bond acceptors (Lipinski definition) is 3. The zero-order valence-corrected chi connectivity index (χ0v) is 10.9. The number of carbonyl (C=O) groups is 3. The first-order valence-corrected chi connectivity index (χ1v) is 5.93. The second-order valence-electron chi connectivity index (χ2n) is 4.30. The second kappa shape index (κ2) is 7.13. The van der Waals surface area contributed by atoms with Crippen LogP contribution in [0, 0.1) is 6.92 Å². The van der Waals surface area contributed by atoms with Crippen molar-refractivity contribution in [2.24, 2.45) is 0 Å². The molecule has 0 saturated carbocycles. The van der Waals surface area contributed by atoms with Crippen LogP contribution in [0.3, 0.4) is 0 Å². The third kappa shape index (κ3) is 5.38. The fourth-order valence-electron chi connectivity index (χ4n) is 1.53. The minimum absolute atomic E-state index is 0.121. The van der Waals surface area contributed by atoms with Crippen molar-refractivity contribution >= 4 is 18.0 Å². The Kier molecular flexibility index (Phi) is 5.52. The maximum atomic E-state index is 11.4. The molecule has 7 heteroatoms. The molecule has 7 nitrogen and oxygen atoms in total. The zero-order valence-electron chi connectivity index (χ0n) is 10.9. The van der Waals surface area contributed by atoms with E-state index in [-0.39, 0.29) is 6.42 Å². The minimum atomic E-state index is -1.20. The number of carboxylic acids is 2. The third-order valence-electron chi connectivity index (χ3n) is 2.56.